The van der Waals surface area contributed by atoms with Crippen LogP contribution in [0.2, 0.25) is 5.15 Å². The number of halogens is 2. The Hall–Kier alpha value is -2.87. The van der Waals surface area contributed by atoms with Crippen LogP contribution in [0.25, 0.3) is 6.08 Å². The van der Waals surface area contributed by atoms with Crippen molar-refractivity contribution in [2.75, 3.05) is 17.7 Å². The van der Waals surface area contributed by atoms with Gasteiger partial charge in [-0.05, 0) is 37.1 Å². The predicted octanol–water partition coefficient (Wildman–Crippen LogP) is 4.47. The molecule has 7 nitrogen and oxygen atoms in total. The molecule has 0 saturated carbocycles. The molecule has 1 aromatic heterocycles. The maximum atomic E-state index is 13.7. The third-order valence-corrected chi connectivity index (χ3v) is 4.10. The van der Waals surface area contributed by atoms with E-state index in [0.29, 0.717) is 34.6 Å². The summed E-state index contributed by atoms with van der Waals surface area (Å²) in [5.74, 6) is -0.718. The first-order chi connectivity index (χ1) is 13.2. The van der Waals surface area contributed by atoms with Crippen LogP contribution in [0.3, 0.4) is 0 Å². The van der Waals surface area contributed by atoms with Gasteiger partial charge in [-0.25, -0.2) is 9.18 Å². The molecule has 0 aliphatic carbocycles. The fraction of sp³-hybridized carbons (Fsp3) is 0.316. The summed E-state index contributed by atoms with van der Waals surface area (Å²) in [5.41, 5.74) is 1.56. The quantitative estimate of drug-likeness (QED) is 0.690. The third-order valence-electron chi connectivity index (χ3n) is 3.70. The number of ether oxygens (including phenoxy) is 1. The van der Waals surface area contributed by atoms with Crippen LogP contribution >= 0.6 is 11.6 Å². The van der Waals surface area contributed by atoms with Crippen LogP contribution in [-0.2, 0) is 16.1 Å². The smallest absolute Gasteiger partial charge is 0.411 e. The van der Waals surface area contributed by atoms with Crippen molar-refractivity contribution < 1.29 is 18.7 Å². The summed E-state index contributed by atoms with van der Waals surface area (Å²) in [7, 11) is 1.17. The monoisotopic (exact) mass is 408 g/mol. The predicted molar refractivity (Wildman–Crippen MR) is 107 cm³/mol. The van der Waals surface area contributed by atoms with Gasteiger partial charge in [0.2, 0.25) is 5.91 Å². The van der Waals surface area contributed by atoms with Crippen molar-refractivity contribution in [2.24, 2.45) is 5.92 Å². The van der Waals surface area contributed by atoms with Crippen LogP contribution in [0, 0.1) is 18.7 Å². The zero-order valence-corrected chi connectivity index (χ0v) is 16.8. The van der Waals surface area contributed by atoms with Crippen molar-refractivity contribution in [1.29, 1.82) is 0 Å². The molecule has 150 valence electrons. The summed E-state index contributed by atoms with van der Waals surface area (Å²) >= 11 is 6.34. The van der Waals surface area contributed by atoms with Gasteiger partial charge in [-0.3, -0.25) is 14.8 Å². The van der Waals surface area contributed by atoms with Crippen LogP contribution < -0.4 is 10.6 Å². The van der Waals surface area contributed by atoms with Crippen LogP contribution in [0.5, 0.6) is 0 Å². The van der Waals surface area contributed by atoms with Crippen molar-refractivity contribution >= 4 is 41.1 Å². The first-order valence-corrected chi connectivity index (χ1v) is 8.95. The largest absolute Gasteiger partial charge is 0.453 e. The van der Waals surface area contributed by atoms with E-state index in [1.54, 1.807) is 10.8 Å². The Morgan fingerprint density at radius 3 is 2.71 bits per heavy atom. The van der Waals surface area contributed by atoms with Gasteiger partial charge in [0.05, 0.1) is 18.5 Å². The van der Waals surface area contributed by atoms with E-state index >= 15 is 0 Å². The number of aromatic nitrogens is 2. The number of nitrogens with zero attached hydrogens (tertiary/aromatic N) is 2. The molecule has 1 aromatic carbocycles. The fourth-order valence-corrected chi connectivity index (χ4v) is 2.73. The topological polar surface area (TPSA) is 85.2 Å². The molecule has 2 N–H and O–H groups in total. The summed E-state index contributed by atoms with van der Waals surface area (Å²) in [5, 5.41) is 9.66. The number of methoxy groups -OCH3 is 1. The first-order valence-electron chi connectivity index (χ1n) is 8.57. The molecule has 9 heteroatoms. The molecule has 0 saturated heterocycles. The van der Waals surface area contributed by atoms with Crippen molar-refractivity contribution in [1.82, 2.24) is 9.78 Å². The minimum Gasteiger partial charge on any atom is -0.453 e. The highest BCUT2D eigenvalue weighted by molar-refractivity contribution is 6.31. The Kier molecular flexibility index (Phi) is 7.17. The Morgan fingerprint density at radius 2 is 2.07 bits per heavy atom. The van der Waals surface area contributed by atoms with Gasteiger partial charge >= 0.3 is 6.09 Å². The van der Waals surface area contributed by atoms with Gasteiger partial charge in [0.15, 0.2) is 0 Å². The molecule has 28 heavy (non-hydrogen) atoms. The molecule has 2 aromatic rings. The Morgan fingerprint density at radius 1 is 1.36 bits per heavy atom. The zero-order chi connectivity index (χ0) is 20.8. The number of carbonyl (C=O) groups excluding carboxylic acids is 2. The van der Waals surface area contributed by atoms with E-state index in [9.17, 15) is 14.0 Å². The van der Waals surface area contributed by atoms with Gasteiger partial charge < -0.3 is 10.1 Å². The van der Waals surface area contributed by atoms with Crippen molar-refractivity contribution in [3.8, 4) is 0 Å². The average Bonchev–Trinajstić information content (AvgIpc) is 2.88. The molecule has 0 unspecified atom stereocenters. The van der Waals surface area contributed by atoms with Gasteiger partial charge in [-0.2, -0.15) is 5.10 Å². The molecule has 0 spiro atoms. The number of carbonyl (C=O) groups is 2. The highest BCUT2D eigenvalue weighted by atomic mass is 35.5. The van der Waals surface area contributed by atoms with E-state index in [1.807, 2.05) is 6.92 Å². The molecule has 2 rings (SSSR count). The molecule has 0 aliphatic rings. The molecule has 1 heterocycles. The van der Waals surface area contributed by atoms with E-state index in [1.165, 1.54) is 25.3 Å². The SMILES string of the molecule is COC(=O)Nc1cc(NC(=O)/C=C/c2c(C)nn(CC(C)C)c2Cl)ccc1F. The summed E-state index contributed by atoms with van der Waals surface area (Å²) in [6.45, 7) is 6.60. The number of anilines is 2. The van der Waals surface area contributed by atoms with Gasteiger partial charge in [0, 0.05) is 23.9 Å². The Bertz CT molecular complexity index is 909. The lowest BCUT2D eigenvalue weighted by Gasteiger charge is -2.08. The van der Waals surface area contributed by atoms with Crippen molar-refractivity contribution in [3.63, 3.8) is 0 Å². The van der Waals surface area contributed by atoms with Crippen LogP contribution in [0.15, 0.2) is 24.3 Å². The van der Waals surface area contributed by atoms with Gasteiger partial charge in [0.25, 0.3) is 0 Å². The second-order valence-electron chi connectivity index (χ2n) is 6.50. The molecule has 0 bridgehead atoms. The third kappa shape index (κ3) is 5.56. The zero-order valence-electron chi connectivity index (χ0n) is 16.0. The number of aryl methyl sites for hydroxylation is 1. The summed E-state index contributed by atoms with van der Waals surface area (Å²) < 4.78 is 19.9. The summed E-state index contributed by atoms with van der Waals surface area (Å²) in [4.78, 5) is 23.4. The molecule has 0 radical (unpaired) electrons. The lowest BCUT2D eigenvalue weighted by atomic mass is 10.2. The Labute approximate surface area is 167 Å². The molecular weight excluding hydrogens is 387 g/mol. The number of amides is 2. The highest BCUT2D eigenvalue weighted by Crippen LogP contribution is 2.23. The fourth-order valence-electron chi connectivity index (χ4n) is 2.43. The number of nitrogens with one attached hydrogen (secondary N) is 2. The maximum absolute atomic E-state index is 13.7. The lowest BCUT2D eigenvalue weighted by Crippen LogP contribution is -2.13. The number of benzene rings is 1. The number of hydrogen-bond acceptors (Lipinski definition) is 4. The first kappa shape index (κ1) is 21.4. The molecule has 0 aliphatic heterocycles. The molecule has 0 fully saturated rings. The molecule has 2 amide bonds. The minimum atomic E-state index is -0.814. The van der Waals surface area contributed by atoms with Crippen molar-refractivity contribution in [3.05, 3.63) is 46.5 Å². The molecule has 0 atom stereocenters. The van der Waals surface area contributed by atoms with Crippen molar-refractivity contribution in [2.45, 2.75) is 27.3 Å². The van der Waals surface area contributed by atoms with Gasteiger partial charge in [-0.1, -0.05) is 25.4 Å². The second kappa shape index (κ2) is 9.36. The van der Waals surface area contributed by atoms with Gasteiger partial charge in [0.1, 0.15) is 11.0 Å². The average molecular weight is 409 g/mol. The van der Waals surface area contributed by atoms with E-state index in [2.05, 4.69) is 34.3 Å². The van der Waals surface area contributed by atoms with E-state index < -0.39 is 17.8 Å². The Balaban J connectivity index is 2.11. The summed E-state index contributed by atoms with van der Waals surface area (Å²) in [6, 6.07) is 3.79. The van der Waals surface area contributed by atoms with E-state index in [4.69, 9.17) is 11.6 Å². The maximum Gasteiger partial charge on any atom is 0.411 e. The minimum absolute atomic E-state index is 0.109. The standard InChI is InChI=1S/C19H22ClFN4O3/c1-11(2)10-25-18(20)14(12(3)24-25)6-8-17(26)22-13-5-7-15(21)16(9-13)23-19(27)28-4/h5-9,11H,10H2,1-4H3,(H,22,26)(H,23,27)/b8-6+. The molecular formula is C19H22ClFN4O3. The summed E-state index contributed by atoms with van der Waals surface area (Å²) in [6.07, 6.45) is 2.08. The van der Waals surface area contributed by atoms with E-state index in [-0.39, 0.29) is 5.69 Å². The van der Waals surface area contributed by atoms with Crippen LogP contribution in [-0.4, -0.2) is 28.9 Å². The van der Waals surface area contributed by atoms with E-state index in [0.717, 1.165) is 6.07 Å². The van der Waals surface area contributed by atoms with Crippen LogP contribution in [0.4, 0.5) is 20.6 Å². The van der Waals surface area contributed by atoms with Gasteiger partial charge in [-0.15, -0.1) is 0 Å². The highest BCUT2D eigenvalue weighted by Gasteiger charge is 2.13. The lowest BCUT2D eigenvalue weighted by molar-refractivity contribution is -0.111. The normalized spacial score (nSPS) is 11.1. The van der Waals surface area contributed by atoms with Crippen LogP contribution in [0.1, 0.15) is 25.1 Å². The number of rotatable bonds is 6. The second-order valence-corrected chi connectivity index (χ2v) is 6.86. The number of hydrogen-bond donors (Lipinski definition) is 2.